The molecule has 3 heterocycles. The molecule has 0 aromatic carbocycles. The second kappa shape index (κ2) is 8.29. The number of rotatable bonds is 8. The fourth-order valence-electron chi connectivity index (χ4n) is 2.18. The normalized spacial score (nSPS) is 10.6. The lowest BCUT2D eigenvalue weighted by Gasteiger charge is -2.07. The predicted molar refractivity (Wildman–Crippen MR) is 94.7 cm³/mol. The number of thioether (sulfide) groups is 1. The van der Waals surface area contributed by atoms with Gasteiger partial charge in [-0.25, -0.2) is 0 Å². The van der Waals surface area contributed by atoms with Crippen molar-refractivity contribution < 1.29 is 9.21 Å². The molecule has 0 aliphatic rings. The van der Waals surface area contributed by atoms with E-state index in [2.05, 4.69) is 27.1 Å². The van der Waals surface area contributed by atoms with Crippen LogP contribution in [0.25, 0.3) is 11.4 Å². The third-order valence-electron chi connectivity index (χ3n) is 3.32. The lowest BCUT2D eigenvalue weighted by Crippen LogP contribution is -2.24. The van der Waals surface area contributed by atoms with Crippen LogP contribution in [0.4, 0.5) is 0 Å². The molecule has 1 amide bonds. The van der Waals surface area contributed by atoms with Crippen LogP contribution in [-0.2, 0) is 17.9 Å². The maximum atomic E-state index is 12.0. The van der Waals surface area contributed by atoms with E-state index in [4.69, 9.17) is 4.42 Å². The zero-order valence-electron chi connectivity index (χ0n) is 13.5. The van der Waals surface area contributed by atoms with Crippen molar-refractivity contribution in [2.75, 3.05) is 5.75 Å². The van der Waals surface area contributed by atoms with Gasteiger partial charge >= 0.3 is 0 Å². The molecule has 0 radical (unpaired) electrons. The van der Waals surface area contributed by atoms with Crippen molar-refractivity contribution in [3.63, 3.8) is 0 Å². The summed E-state index contributed by atoms with van der Waals surface area (Å²) in [5, 5.41) is 11.9. The van der Waals surface area contributed by atoms with Gasteiger partial charge in [-0.3, -0.25) is 14.3 Å². The fraction of sp³-hybridized carbons (Fsp3) is 0.176. The highest BCUT2D eigenvalue weighted by molar-refractivity contribution is 7.99. The molecule has 3 aromatic heterocycles. The molecule has 3 rings (SSSR count). The van der Waals surface area contributed by atoms with Gasteiger partial charge in [-0.15, -0.1) is 16.8 Å². The van der Waals surface area contributed by atoms with Crippen LogP contribution in [0.2, 0.25) is 0 Å². The van der Waals surface area contributed by atoms with Gasteiger partial charge < -0.3 is 9.73 Å². The molecule has 25 heavy (non-hydrogen) atoms. The van der Waals surface area contributed by atoms with Gasteiger partial charge in [0.25, 0.3) is 0 Å². The summed E-state index contributed by atoms with van der Waals surface area (Å²) >= 11 is 1.33. The molecule has 0 spiro atoms. The zero-order valence-corrected chi connectivity index (χ0v) is 14.3. The van der Waals surface area contributed by atoms with Gasteiger partial charge in [-0.05, 0) is 24.3 Å². The van der Waals surface area contributed by atoms with E-state index in [9.17, 15) is 4.79 Å². The average molecular weight is 355 g/mol. The molecule has 0 aliphatic heterocycles. The maximum Gasteiger partial charge on any atom is 0.230 e. The first-order valence-electron chi connectivity index (χ1n) is 7.64. The summed E-state index contributed by atoms with van der Waals surface area (Å²) in [4.78, 5) is 16.1. The number of hydrogen-bond acceptors (Lipinski definition) is 6. The number of nitrogens with one attached hydrogen (secondary N) is 1. The highest BCUT2D eigenvalue weighted by Crippen LogP contribution is 2.23. The summed E-state index contributed by atoms with van der Waals surface area (Å²) in [6.45, 7) is 4.69. The third-order valence-corrected chi connectivity index (χ3v) is 4.29. The number of allylic oxidation sites excluding steroid dienone is 1. The minimum Gasteiger partial charge on any atom is -0.467 e. The lowest BCUT2D eigenvalue weighted by atomic mass is 10.3. The zero-order chi connectivity index (χ0) is 17.5. The Labute approximate surface area is 149 Å². The molecule has 0 atom stereocenters. The van der Waals surface area contributed by atoms with E-state index in [0.29, 0.717) is 29.8 Å². The molecular weight excluding hydrogens is 338 g/mol. The molecule has 1 N–H and O–H groups in total. The summed E-state index contributed by atoms with van der Waals surface area (Å²) in [6, 6.07) is 7.36. The van der Waals surface area contributed by atoms with Crippen LogP contribution in [0.1, 0.15) is 5.76 Å². The highest BCUT2D eigenvalue weighted by atomic mass is 32.2. The lowest BCUT2D eigenvalue weighted by molar-refractivity contribution is -0.118. The minimum absolute atomic E-state index is 0.0996. The highest BCUT2D eigenvalue weighted by Gasteiger charge is 2.15. The number of carbonyl (C=O) groups is 1. The molecule has 0 aliphatic carbocycles. The number of amides is 1. The number of hydrogen-bond donors (Lipinski definition) is 1. The second-order valence-electron chi connectivity index (χ2n) is 5.09. The van der Waals surface area contributed by atoms with Crippen molar-refractivity contribution in [2.45, 2.75) is 18.2 Å². The Hall–Kier alpha value is -2.87. The first-order valence-corrected chi connectivity index (χ1v) is 8.63. The molecular formula is C17H17N5O2S. The molecule has 8 heteroatoms. The van der Waals surface area contributed by atoms with Gasteiger partial charge in [-0.1, -0.05) is 17.8 Å². The Balaban J connectivity index is 1.64. The Morgan fingerprint density at radius 2 is 2.28 bits per heavy atom. The van der Waals surface area contributed by atoms with E-state index in [1.807, 2.05) is 22.8 Å². The van der Waals surface area contributed by atoms with E-state index in [1.165, 1.54) is 11.8 Å². The smallest absolute Gasteiger partial charge is 0.230 e. The molecule has 0 saturated heterocycles. The van der Waals surface area contributed by atoms with Crippen LogP contribution < -0.4 is 5.32 Å². The monoisotopic (exact) mass is 355 g/mol. The largest absolute Gasteiger partial charge is 0.467 e. The van der Waals surface area contributed by atoms with Crippen LogP contribution in [0.5, 0.6) is 0 Å². The van der Waals surface area contributed by atoms with E-state index < -0.39 is 0 Å². The predicted octanol–water partition coefficient (Wildman–Crippen LogP) is 2.53. The Morgan fingerprint density at radius 1 is 1.36 bits per heavy atom. The van der Waals surface area contributed by atoms with Gasteiger partial charge in [0.05, 0.1) is 18.6 Å². The minimum atomic E-state index is -0.0996. The van der Waals surface area contributed by atoms with E-state index in [1.54, 1.807) is 30.8 Å². The Bertz CT molecular complexity index is 830. The van der Waals surface area contributed by atoms with Crippen molar-refractivity contribution in [1.82, 2.24) is 25.1 Å². The van der Waals surface area contributed by atoms with Gasteiger partial charge in [-0.2, -0.15) is 0 Å². The van der Waals surface area contributed by atoms with Crippen LogP contribution in [-0.4, -0.2) is 31.4 Å². The number of nitrogens with zero attached hydrogens (tertiary/aromatic N) is 4. The van der Waals surface area contributed by atoms with Crippen molar-refractivity contribution in [3.8, 4) is 11.4 Å². The van der Waals surface area contributed by atoms with E-state index >= 15 is 0 Å². The standard InChI is InChI=1S/C17H17N5O2S/c1-2-8-22-16(13-5-3-7-18-10-13)20-21-17(22)25-12-15(23)19-11-14-6-4-9-24-14/h2-7,9-10H,1,8,11-12H2,(H,19,23). The molecule has 0 unspecified atom stereocenters. The van der Waals surface area contributed by atoms with E-state index in [0.717, 1.165) is 5.56 Å². The van der Waals surface area contributed by atoms with Gasteiger partial charge in [0.2, 0.25) is 5.91 Å². The quantitative estimate of drug-likeness (QED) is 0.494. The summed E-state index contributed by atoms with van der Waals surface area (Å²) in [5.41, 5.74) is 0.867. The van der Waals surface area contributed by atoms with Crippen LogP contribution >= 0.6 is 11.8 Å². The van der Waals surface area contributed by atoms with Gasteiger partial charge in [0, 0.05) is 24.5 Å². The van der Waals surface area contributed by atoms with Gasteiger partial charge in [0.15, 0.2) is 11.0 Å². The maximum absolute atomic E-state index is 12.0. The summed E-state index contributed by atoms with van der Waals surface area (Å²) in [5.74, 6) is 1.55. The van der Waals surface area contributed by atoms with Crippen molar-refractivity contribution >= 4 is 17.7 Å². The first-order chi connectivity index (χ1) is 12.3. The van der Waals surface area contributed by atoms with Crippen LogP contribution in [0.3, 0.4) is 0 Å². The number of aromatic nitrogens is 4. The van der Waals surface area contributed by atoms with E-state index in [-0.39, 0.29) is 11.7 Å². The first kappa shape index (κ1) is 17.0. The molecule has 0 fully saturated rings. The second-order valence-corrected chi connectivity index (χ2v) is 6.03. The number of carbonyl (C=O) groups excluding carboxylic acids is 1. The molecule has 3 aromatic rings. The Morgan fingerprint density at radius 3 is 3.00 bits per heavy atom. The SMILES string of the molecule is C=CCn1c(SCC(=O)NCc2ccco2)nnc1-c1cccnc1. The van der Waals surface area contributed by atoms with Crippen LogP contribution in [0, 0.1) is 0 Å². The van der Waals surface area contributed by atoms with Crippen LogP contribution in [0.15, 0.2) is 65.2 Å². The number of pyridine rings is 1. The topological polar surface area (TPSA) is 85.8 Å². The molecule has 128 valence electrons. The fourth-order valence-corrected chi connectivity index (χ4v) is 2.96. The number of furan rings is 1. The van der Waals surface area contributed by atoms with Crippen molar-refractivity contribution in [1.29, 1.82) is 0 Å². The Kier molecular flexibility index (Phi) is 5.63. The average Bonchev–Trinajstić information content (AvgIpc) is 3.29. The third kappa shape index (κ3) is 4.36. The summed E-state index contributed by atoms with van der Waals surface area (Å²) < 4.78 is 7.10. The summed E-state index contributed by atoms with van der Waals surface area (Å²) in [7, 11) is 0. The molecule has 0 saturated carbocycles. The molecule has 0 bridgehead atoms. The van der Waals surface area contributed by atoms with Crippen molar-refractivity contribution in [3.05, 3.63) is 61.3 Å². The summed E-state index contributed by atoms with van der Waals surface area (Å²) in [6.07, 6.45) is 6.78. The van der Waals surface area contributed by atoms with Gasteiger partial charge in [0.1, 0.15) is 5.76 Å². The molecule has 7 nitrogen and oxygen atoms in total. The van der Waals surface area contributed by atoms with Crippen molar-refractivity contribution in [2.24, 2.45) is 0 Å².